The molecule has 3 rings (SSSR count). The molecule has 0 bridgehead atoms. The molecule has 1 amide bonds. The normalized spacial score (nSPS) is 10.6. The summed E-state index contributed by atoms with van der Waals surface area (Å²) in [5.74, 6) is 0.0579. The highest BCUT2D eigenvalue weighted by molar-refractivity contribution is 9.10. The summed E-state index contributed by atoms with van der Waals surface area (Å²) in [5, 5.41) is 6.85. The maximum atomic E-state index is 11.9. The number of benzene rings is 1. The highest BCUT2D eigenvalue weighted by Gasteiger charge is 2.09. The fraction of sp³-hybridized carbons (Fsp3) is 0. The van der Waals surface area contributed by atoms with Gasteiger partial charge in [0.15, 0.2) is 5.65 Å². The SMILES string of the molecule is O=C(Nc1nc2ccc(Br)cn2n1)c1ccccc1. The lowest BCUT2D eigenvalue weighted by atomic mass is 10.2. The van der Waals surface area contributed by atoms with Gasteiger partial charge in [-0.3, -0.25) is 10.1 Å². The van der Waals surface area contributed by atoms with Gasteiger partial charge < -0.3 is 0 Å². The number of nitrogens with one attached hydrogen (secondary N) is 1. The summed E-state index contributed by atoms with van der Waals surface area (Å²) >= 11 is 3.35. The maximum absolute atomic E-state index is 11.9. The zero-order valence-electron chi connectivity index (χ0n) is 9.75. The average Bonchev–Trinajstić information content (AvgIpc) is 2.81. The van der Waals surface area contributed by atoms with E-state index in [1.54, 1.807) is 22.8 Å². The van der Waals surface area contributed by atoms with Crippen LogP contribution in [0.3, 0.4) is 0 Å². The summed E-state index contributed by atoms with van der Waals surface area (Å²) in [5.41, 5.74) is 1.24. The van der Waals surface area contributed by atoms with E-state index in [-0.39, 0.29) is 11.9 Å². The van der Waals surface area contributed by atoms with Crippen LogP contribution in [0, 0.1) is 0 Å². The van der Waals surface area contributed by atoms with Crippen LogP contribution in [0.25, 0.3) is 5.65 Å². The van der Waals surface area contributed by atoms with Crippen molar-refractivity contribution in [2.75, 3.05) is 5.32 Å². The zero-order chi connectivity index (χ0) is 13.2. The predicted molar refractivity (Wildman–Crippen MR) is 75.1 cm³/mol. The van der Waals surface area contributed by atoms with Crippen molar-refractivity contribution < 1.29 is 4.79 Å². The summed E-state index contributed by atoms with van der Waals surface area (Å²) in [4.78, 5) is 16.2. The number of anilines is 1. The van der Waals surface area contributed by atoms with Gasteiger partial charge >= 0.3 is 0 Å². The topological polar surface area (TPSA) is 59.3 Å². The number of nitrogens with zero attached hydrogens (tertiary/aromatic N) is 3. The summed E-state index contributed by atoms with van der Waals surface area (Å²) in [7, 11) is 0. The third kappa shape index (κ3) is 2.48. The predicted octanol–water partition coefficient (Wildman–Crippen LogP) is 2.74. The molecule has 2 heterocycles. The first kappa shape index (κ1) is 11.9. The number of fused-ring (bicyclic) bond motifs is 1. The van der Waals surface area contributed by atoms with Crippen molar-refractivity contribution in [1.29, 1.82) is 0 Å². The summed E-state index contributed by atoms with van der Waals surface area (Å²) in [6, 6.07) is 12.6. The van der Waals surface area contributed by atoms with E-state index < -0.39 is 0 Å². The molecule has 0 atom stereocenters. The van der Waals surface area contributed by atoms with Gasteiger partial charge in [-0.15, -0.1) is 5.10 Å². The maximum Gasteiger partial charge on any atom is 0.258 e. The molecule has 19 heavy (non-hydrogen) atoms. The number of amides is 1. The third-order valence-electron chi connectivity index (χ3n) is 2.56. The molecule has 0 spiro atoms. The highest BCUT2D eigenvalue weighted by atomic mass is 79.9. The number of pyridine rings is 1. The van der Waals surface area contributed by atoms with Crippen LogP contribution in [0.1, 0.15) is 10.4 Å². The van der Waals surface area contributed by atoms with E-state index in [1.165, 1.54) is 0 Å². The van der Waals surface area contributed by atoms with Crippen LogP contribution >= 0.6 is 15.9 Å². The van der Waals surface area contributed by atoms with Crippen molar-refractivity contribution in [1.82, 2.24) is 14.6 Å². The molecule has 1 N–H and O–H groups in total. The number of aromatic nitrogens is 3. The molecule has 0 aliphatic heterocycles. The van der Waals surface area contributed by atoms with Crippen LogP contribution in [0.5, 0.6) is 0 Å². The first-order valence-corrected chi connectivity index (χ1v) is 6.40. The van der Waals surface area contributed by atoms with Gasteiger partial charge in [0.25, 0.3) is 5.91 Å². The second-order valence-corrected chi connectivity index (χ2v) is 4.82. The first-order chi connectivity index (χ1) is 9.22. The molecule has 3 aromatic rings. The zero-order valence-corrected chi connectivity index (χ0v) is 11.3. The van der Waals surface area contributed by atoms with Gasteiger partial charge in [-0.25, -0.2) is 4.52 Å². The lowest BCUT2D eigenvalue weighted by Crippen LogP contribution is -2.12. The number of rotatable bonds is 2. The van der Waals surface area contributed by atoms with Gasteiger partial charge in [0.2, 0.25) is 5.95 Å². The van der Waals surface area contributed by atoms with Crippen molar-refractivity contribution in [2.24, 2.45) is 0 Å². The second kappa shape index (κ2) is 4.81. The van der Waals surface area contributed by atoms with Crippen LogP contribution < -0.4 is 5.32 Å². The Hall–Kier alpha value is -2.21. The molecule has 94 valence electrons. The van der Waals surface area contributed by atoms with Crippen LogP contribution in [-0.2, 0) is 0 Å². The molecule has 0 saturated heterocycles. The minimum absolute atomic E-state index is 0.226. The Balaban J connectivity index is 1.87. The molecule has 0 radical (unpaired) electrons. The summed E-state index contributed by atoms with van der Waals surface area (Å²) in [6.07, 6.45) is 1.78. The quantitative estimate of drug-likeness (QED) is 0.790. The lowest BCUT2D eigenvalue weighted by Gasteiger charge is -1.99. The number of carbonyl (C=O) groups excluding carboxylic acids is 1. The molecular formula is C13H9BrN4O. The van der Waals surface area contributed by atoms with Crippen molar-refractivity contribution in [3.63, 3.8) is 0 Å². The van der Waals surface area contributed by atoms with Gasteiger partial charge in [0.05, 0.1) is 0 Å². The third-order valence-corrected chi connectivity index (χ3v) is 3.03. The minimum Gasteiger partial charge on any atom is -0.289 e. The van der Waals surface area contributed by atoms with Crippen molar-refractivity contribution in [3.8, 4) is 0 Å². The van der Waals surface area contributed by atoms with Gasteiger partial charge in [0.1, 0.15) is 0 Å². The Morgan fingerprint density at radius 2 is 1.95 bits per heavy atom. The molecule has 0 aliphatic rings. The van der Waals surface area contributed by atoms with Gasteiger partial charge in [-0.05, 0) is 40.2 Å². The van der Waals surface area contributed by atoms with Crippen LogP contribution in [0.2, 0.25) is 0 Å². The summed E-state index contributed by atoms with van der Waals surface area (Å²) < 4.78 is 2.50. The molecule has 1 aromatic carbocycles. The monoisotopic (exact) mass is 316 g/mol. The van der Waals surface area contributed by atoms with Crippen molar-refractivity contribution >= 4 is 33.4 Å². The van der Waals surface area contributed by atoms with Gasteiger partial charge in [0, 0.05) is 16.2 Å². The van der Waals surface area contributed by atoms with Crippen LogP contribution in [0.15, 0.2) is 53.1 Å². The minimum atomic E-state index is -0.226. The number of carbonyl (C=O) groups is 1. The molecule has 0 fully saturated rings. The molecule has 5 nitrogen and oxygen atoms in total. The highest BCUT2D eigenvalue weighted by Crippen LogP contribution is 2.12. The molecular weight excluding hydrogens is 308 g/mol. The Morgan fingerprint density at radius 1 is 1.16 bits per heavy atom. The van der Waals surface area contributed by atoms with E-state index in [0.29, 0.717) is 11.2 Å². The fourth-order valence-corrected chi connectivity index (χ4v) is 2.00. The van der Waals surface area contributed by atoms with Crippen LogP contribution in [-0.4, -0.2) is 20.5 Å². The largest absolute Gasteiger partial charge is 0.289 e. The van der Waals surface area contributed by atoms with Crippen molar-refractivity contribution in [3.05, 3.63) is 58.7 Å². The molecule has 0 saturated carbocycles. The number of hydrogen-bond acceptors (Lipinski definition) is 3. The van der Waals surface area contributed by atoms with E-state index in [4.69, 9.17) is 0 Å². The van der Waals surface area contributed by atoms with E-state index in [9.17, 15) is 4.79 Å². The van der Waals surface area contributed by atoms with E-state index >= 15 is 0 Å². The smallest absolute Gasteiger partial charge is 0.258 e. The molecule has 6 heteroatoms. The summed E-state index contributed by atoms with van der Waals surface area (Å²) in [6.45, 7) is 0. The standard InChI is InChI=1S/C13H9BrN4O/c14-10-6-7-11-15-13(17-18(11)8-10)16-12(19)9-4-2-1-3-5-9/h1-8H,(H,16,17,19). The first-order valence-electron chi connectivity index (χ1n) is 5.61. The molecule has 2 aromatic heterocycles. The fourth-order valence-electron chi connectivity index (χ4n) is 1.67. The Kier molecular flexibility index (Phi) is 3.00. The second-order valence-electron chi connectivity index (χ2n) is 3.91. The molecule has 0 unspecified atom stereocenters. The number of halogens is 1. The lowest BCUT2D eigenvalue weighted by molar-refractivity contribution is 0.102. The Morgan fingerprint density at radius 3 is 2.74 bits per heavy atom. The van der Waals surface area contributed by atoms with E-state index in [0.717, 1.165) is 4.47 Å². The molecule has 0 aliphatic carbocycles. The van der Waals surface area contributed by atoms with Gasteiger partial charge in [-0.1, -0.05) is 18.2 Å². The van der Waals surface area contributed by atoms with Crippen molar-refractivity contribution in [2.45, 2.75) is 0 Å². The number of hydrogen-bond donors (Lipinski definition) is 1. The average molecular weight is 317 g/mol. The Bertz CT molecular complexity index is 739. The Labute approximate surface area is 117 Å². The van der Waals surface area contributed by atoms with E-state index in [1.807, 2.05) is 30.3 Å². The van der Waals surface area contributed by atoms with Crippen LogP contribution in [0.4, 0.5) is 5.95 Å². The van der Waals surface area contributed by atoms with Gasteiger partial charge in [-0.2, -0.15) is 4.98 Å². The van der Waals surface area contributed by atoms with E-state index in [2.05, 4.69) is 31.3 Å².